The second kappa shape index (κ2) is 7.91. The number of cyclic esters (lactones) is 1. The van der Waals surface area contributed by atoms with Crippen LogP contribution in [-0.4, -0.2) is 78.5 Å². The Morgan fingerprint density at radius 2 is 1.84 bits per heavy atom. The second-order valence-electron chi connectivity index (χ2n) is 9.30. The first kappa shape index (κ1) is 21.0. The number of benzene rings is 1. The zero-order valence-corrected chi connectivity index (χ0v) is 17.9. The number of likely N-dealkylation sites (tertiary alicyclic amines) is 1. The molecule has 0 aromatic heterocycles. The van der Waals surface area contributed by atoms with E-state index < -0.39 is 23.9 Å². The number of nitrogens with zero attached hydrogens (tertiary/aromatic N) is 4. The molecular weight excluding hydrogens is 419 g/mol. The van der Waals surface area contributed by atoms with Gasteiger partial charge in [-0.1, -0.05) is 0 Å². The van der Waals surface area contributed by atoms with Crippen LogP contribution in [0.15, 0.2) is 18.2 Å². The van der Waals surface area contributed by atoms with E-state index in [1.165, 1.54) is 17.9 Å². The van der Waals surface area contributed by atoms with Crippen LogP contribution in [0, 0.1) is 23.6 Å². The van der Waals surface area contributed by atoms with E-state index in [-0.39, 0.29) is 24.9 Å². The minimum Gasteiger partial charge on any atom is -0.442 e. The molecule has 0 spiro atoms. The normalized spacial score (nSPS) is 27.0. The molecule has 5 rings (SSSR count). The van der Waals surface area contributed by atoms with Gasteiger partial charge in [-0.25, -0.2) is 14.2 Å². The third-order valence-electron chi connectivity index (χ3n) is 6.92. The van der Waals surface area contributed by atoms with Crippen molar-refractivity contribution < 1.29 is 28.7 Å². The number of carbonyl (C=O) groups is 3. The Balaban J connectivity index is 1.22. The fourth-order valence-electron chi connectivity index (χ4n) is 5.03. The lowest BCUT2D eigenvalue weighted by molar-refractivity contribution is -0.166. The summed E-state index contributed by atoms with van der Waals surface area (Å²) in [4.78, 5) is 41.0. The quantitative estimate of drug-likeness (QED) is 0.547. The highest BCUT2D eigenvalue weighted by Gasteiger charge is 2.45. The molecule has 172 valence electrons. The summed E-state index contributed by atoms with van der Waals surface area (Å²) in [6.45, 7) is 4.09. The summed E-state index contributed by atoms with van der Waals surface area (Å²) >= 11 is 0. The number of fused-ring (bicyclic) bond motifs is 1. The van der Waals surface area contributed by atoms with Gasteiger partial charge in [0.1, 0.15) is 11.9 Å². The summed E-state index contributed by atoms with van der Waals surface area (Å²) in [7, 11) is 0. The molecule has 3 heterocycles. The van der Waals surface area contributed by atoms with Gasteiger partial charge in [0.2, 0.25) is 11.8 Å². The van der Waals surface area contributed by atoms with Crippen molar-refractivity contribution in [2.75, 3.05) is 49.1 Å². The highest BCUT2D eigenvalue weighted by Crippen LogP contribution is 2.39. The van der Waals surface area contributed by atoms with Crippen LogP contribution >= 0.6 is 0 Å². The number of rotatable bonds is 5. The molecular formula is C22H27FN4O5. The SMILES string of the molecule is CC(=O)N(O)C[C@@H]1CN(c2ccc(N3C[C@H]4CN(C(=O)C5CC5)C[C@H]4C3)c(F)c2)C(=O)O1. The summed E-state index contributed by atoms with van der Waals surface area (Å²) in [6.07, 6.45) is 0.678. The minimum atomic E-state index is -0.696. The van der Waals surface area contributed by atoms with Crippen LogP contribution in [0.25, 0.3) is 0 Å². The largest absolute Gasteiger partial charge is 0.442 e. The lowest BCUT2D eigenvalue weighted by Gasteiger charge is -2.24. The number of hydroxylamine groups is 2. The monoisotopic (exact) mass is 446 g/mol. The first-order valence-corrected chi connectivity index (χ1v) is 11.1. The molecule has 4 aliphatic rings. The third-order valence-corrected chi connectivity index (χ3v) is 6.92. The molecule has 4 fully saturated rings. The molecule has 9 nitrogen and oxygen atoms in total. The molecule has 1 aromatic carbocycles. The number of hydrogen-bond acceptors (Lipinski definition) is 6. The summed E-state index contributed by atoms with van der Waals surface area (Å²) in [5, 5.41) is 10.1. The Morgan fingerprint density at radius 3 is 2.44 bits per heavy atom. The van der Waals surface area contributed by atoms with Crippen molar-refractivity contribution in [3.8, 4) is 0 Å². The Labute approximate surface area is 185 Å². The topological polar surface area (TPSA) is 93.6 Å². The molecule has 0 radical (unpaired) electrons. The first-order valence-electron chi connectivity index (χ1n) is 11.1. The smallest absolute Gasteiger partial charge is 0.414 e. The van der Waals surface area contributed by atoms with E-state index in [2.05, 4.69) is 0 Å². The Kier molecular flexibility index (Phi) is 5.19. The molecule has 1 aliphatic carbocycles. The maximum atomic E-state index is 15.0. The van der Waals surface area contributed by atoms with Crippen LogP contribution in [0.1, 0.15) is 19.8 Å². The van der Waals surface area contributed by atoms with E-state index in [0.29, 0.717) is 41.4 Å². The molecule has 3 atom stereocenters. The molecule has 1 aromatic rings. The maximum absolute atomic E-state index is 15.0. The zero-order chi connectivity index (χ0) is 22.6. The number of amides is 3. The molecule has 3 saturated heterocycles. The number of halogens is 1. The standard InChI is InChI=1S/C22H27FN4O5/c1-13(28)27(31)12-18-11-26(22(30)32-18)17-4-5-20(19(23)6-17)24-7-15-9-25(10-16(15)8-24)21(29)14-2-3-14/h4-6,14-16,18,31H,2-3,7-12H2,1H3/t15-,16+,18-/m0/s1. The van der Waals surface area contributed by atoms with Crippen molar-refractivity contribution in [3.63, 3.8) is 0 Å². The molecule has 1 N–H and O–H groups in total. The van der Waals surface area contributed by atoms with Gasteiger partial charge in [-0.15, -0.1) is 0 Å². The second-order valence-corrected chi connectivity index (χ2v) is 9.30. The molecule has 10 heteroatoms. The molecule has 32 heavy (non-hydrogen) atoms. The van der Waals surface area contributed by atoms with Crippen molar-refractivity contribution in [3.05, 3.63) is 24.0 Å². The van der Waals surface area contributed by atoms with Gasteiger partial charge in [-0.05, 0) is 31.0 Å². The molecule has 0 unspecified atom stereocenters. The van der Waals surface area contributed by atoms with Crippen LogP contribution in [0.2, 0.25) is 0 Å². The summed E-state index contributed by atoms with van der Waals surface area (Å²) < 4.78 is 20.2. The highest BCUT2D eigenvalue weighted by atomic mass is 19.1. The molecule has 3 amide bonds. The number of hydrogen-bond donors (Lipinski definition) is 1. The van der Waals surface area contributed by atoms with Gasteiger partial charge in [0, 0.05) is 50.9 Å². The van der Waals surface area contributed by atoms with Crippen molar-refractivity contribution in [1.82, 2.24) is 9.96 Å². The van der Waals surface area contributed by atoms with Crippen molar-refractivity contribution in [2.24, 2.45) is 17.8 Å². The van der Waals surface area contributed by atoms with Crippen molar-refractivity contribution >= 4 is 29.3 Å². The van der Waals surface area contributed by atoms with E-state index in [1.807, 2.05) is 9.80 Å². The zero-order valence-electron chi connectivity index (χ0n) is 17.9. The van der Waals surface area contributed by atoms with Gasteiger partial charge < -0.3 is 14.5 Å². The Morgan fingerprint density at radius 1 is 1.16 bits per heavy atom. The third kappa shape index (κ3) is 3.87. The molecule has 0 bridgehead atoms. The summed E-state index contributed by atoms with van der Waals surface area (Å²) in [5.41, 5.74) is 0.858. The number of anilines is 2. The Hall–Kier alpha value is -2.88. The van der Waals surface area contributed by atoms with E-state index in [9.17, 15) is 19.6 Å². The van der Waals surface area contributed by atoms with Gasteiger partial charge in [-0.2, -0.15) is 0 Å². The van der Waals surface area contributed by atoms with Gasteiger partial charge >= 0.3 is 6.09 Å². The van der Waals surface area contributed by atoms with Gasteiger partial charge in [0.05, 0.1) is 24.5 Å². The predicted molar refractivity (Wildman–Crippen MR) is 112 cm³/mol. The van der Waals surface area contributed by atoms with Crippen LogP contribution in [0.5, 0.6) is 0 Å². The summed E-state index contributed by atoms with van der Waals surface area (Å²) in [5.74, 6) is 0.254. The van der Waals surface area contributed by atoms with Crippen LogP contribution in [-0.2, 0) is 14.3 Å². The average Bonchev–Trinajstić information content (AvgIpc) is 3.26. The van der Waals surface area contributed by atoms with E-state index in [1.54, 1.807) is 12.1 Å². The summed E-state index contributed by atoms with van der Waals surface area (Å²) in [6, 6.07) is 4.67. The molecule has 1 saturated carbocycles. The average molecular weight is 446 g/mol. The van der Waals surface area contributed by atoms with Crippen LogP contribution in [0.4, 0.5) is 20.6 Å². The maximum Gasteiger partial charge on any atom is 0.414 e. The van der Waals surface area contributed by atoms with E-state index >= 15 is 4.39 Å². The van der Waals surface area contributed by atoms with E-state index in [0.717, 1.165) is 25.9 Å². The fourth-order valence-corrected chi connectivity index (χ4v) is 5.03. The van der Waals surface area contributed by atoms with Crippen molar-refractivity contribution in [1.29, 1.82) is 0 Å². The van der Waals surface area contributed by atoms with Crippen molar-refractivity contribution in [2.45, 2.75) is 25.9 Å². The van der Waals surface area contributed by atoms with Crippen LogP contribution in [0.3, 0.4) is 0 Å². The minimum absolute atomic E-state index is 0.112. The van der Waals surface area contributed by atoms with Gasteiger partial charge in [0.15, 0.2) is 0 Å². The number of carbonyl (C=O) groups excluding carboxylic acids is 3. The first-order chi connectivity index (χ1) is 15.3. The van der Waals surface area contributed by atoms with E-state index in [4.69, 9.17) is 4.74 Å². The lowest BCUT2D eigenvalue weighted by atomic mass is 10.0. The molecule has 3 aliphatic heterocycles. The van der Waals surface area contributed by atoms with Gasteiger partial charge in [0.25, 0.3) is 0 Å². The number of ether oxygens (including phenoxy) is 1. The predicted octanol–water partition coefficient (Wildman–Crippen LogP) is 1.69. The fraction of sp³-hybridized carbons (Fsp3) is 0.591. The van der Waals surface area contributed by atoms with Crippen LogP contribution < -0.4 is 9.80 Å². The highest BCUT2D eigenvalue weighted by molar-refractivity contribution is 5.90. The van der Waals surface area contributed by atoms with Gasteiger partial charge in [-0.3, -0.25) is 19.7 Å². The Bertz CT molecular complexity index is 940. The lowest BCUT2D eigenvalue weighted by Crippen LogP contribution is -2.35.